The van der Waals surface area contributed by atoms with Gasteiger partial charge < -0.3 is 8.97 Å². The van der Waals surface area contributed by atoms with Gasteiger partial charge in [-0.1, -0.05) is 121 Å². The van der Waals surface area contributed by atoms with Gasteiger partial charge in [-0.2, -0.15) is 0 Å². The molecule has 0 saturated carbocycles. The maximum Gasteiger partial charge on any atom is 0.0641 e. The summed E-state index contributed by atoms with van der Waals surface area (Å²) in [6, 6.07) is 57.7. The zero-order valence-electron chi connectivity index (χ0n) is 23.9. The van der Waals surface area contributed by atoms with Crippen LogP contribution in [0.4, 0.5) is 0 Å². The number of nitrogens with zero attached hydrogens (tertiary/aromatic N) is 2. The third kappa shape index (κ3) is 3.09. The minimum atomic E-state index is 1.19. The van der Waals surface area contributed by atoms with E-state index in [-0.39, 0.29) is 0 Å². The molecule has 0 amide bonds. The normalized spacial score (nSPS) is 12.1. The lowest BCUT2D eigenvalue weighted by molar-refractivity contribution is 1.18. The Bertz CT molecular complexity index is 2690. The summed E-state index contributed by atoms with van der Waals surface area (Å²) >= 11 is 0. The van der Waals surface area contributed by atoms with Crippen molar-refractivity contribution in [2.45, 2.75) is 0 Å². The van der Waals surface area contributed by atoms with Crippen molar-refractivity contribution in [1.29, 1.82) is 0 Å². The predicted molar refractivity (Wildman–Crippen MR) is 186 cm³/mol. The molecule has 7 aromatic carbocycles. The number of benzene rings is 7. The van der Waals surface area contributed by atoms with E-state index in [2.05, 4.69) is 167 Å². The summed E-state index contributed by atoms with van der Waals surface area (Å²) < 4.78 is 5.02. The van der Waals surface area contributed by atoms with Gasteiger partial charge in [0.15, 0.2) is 0 Å². The van der Waals surface area contributed by atoms with Gasteiger partial charge in [0.2, 0.25) is 0 Å². The van der Waals surface area contributed by atoms with Gasteiger partial charge in [-0.25, -0.2) is 0 Å². The number of hydrogen-bond donors (Lipinski definition) is 0. The number of rotatable bonds is 3. The second-order valence-electron chi connectivity index (χ2n) is 11.7. The van der Waals surface area contributed by atoms with Crippen LogP contribution < -0.4 is 0 Å². The molecular weight excluding hydrogens is 532 g/mol. The van der Waals surface area contributed by atoms with Gasteiger partial charge in [0.05, 0.1) is 33.3 Å². The van der Waals surface area contributed by atoms with Crippen molar-refractivity contribution in [1.82, 2.24) is 8.97 Å². The second kappa shape index (κ2) is 8.82. The molecule has 204 valence electrons. The first-order chi connectivity index (χ1) is 21.9. The minimum Gasteiger partial charge on any atom is -0.308 e. The van der Waals surface area contributed by atoms with Crippen LogP contribution in [0.15, 0.2) is 158 Å². The van der Waals surface area contributed by atoms with E-state index >= 15 is 0 Å². The van der Waals surface area contributed by atoms with Crippen molar-refractivity contribution in [3.05, 3.63) is 158 Å². The molecule has 0 aliphatic heterocycles. The van der Waals surface area contributed by atoms with Crippen LogP contribution in [0, 0.1) is 0 Å². The van der Waals surface area contributed by atoms with Crippen molar-refractivity contribution in [2.24, 2.45) is 0 Å². The van der Waals surface area contributed by atoms with Crippen molar-refractivity contribution in [3.63, 3.8) is 0 Å². The molecule has 0 fully saturated rings. The number of para-hydroxylation sites is 3. The summed E-state index contributed by atoms with van der Waals surface area (Å²) in [5.41, 5.74) is 12.2. The lowest BCUT2D eigenvalue weighted by Gasteiger charge is -2.15. The van der Waals surface area contributed by atoms with Crippen LogP contribution in [0.5, 0.6) is 0 Å². The summed E-state index contributed by atoms with van der Waals surface area (Å²) in [5, 5.41) is 7.72. The quantitative estimate of drug-likeness (QED) is 0.204. The summed E-state index contributed by atoms with van der Waals surface area (Å²) in [7, 11) is 0. The predicted octanol–water partition coefficient (Wildman–Crippen LogP) is 11.3. The third-order valence-electron chi connectivity index (χ3n) is 9.44. The third-order valence-corrected chi connectivity index (χ3v) is 9.44. The largest absolute Gasteiger partial charge is 0.308 e. The summed E-state index contributed by atoms with van der Waals surface area (Å²) in [6.45, 7) is 0. The van der Waals surface area contributed by atoms with Gasteiger partial charge in [0, 0.05) is 32.5 Å². The molecule has 10 rings (SSSR count). The fraction of sp³-hybridized carbons (Fsp3) is 0. The van der Waals surface area contributed by atoms with Gasteiger partial charge in [0.25, 0.3) is 0 Å². The van der Waals surface area contributed by atoms with E-state index in [1.54, 1.807) is 0 Å². The first-order valence-electron chi connectivity index (χ1n) is 15.2. The van der Waals surface area contributed by atoms with Crippen molar-refractivity contribution in [2.75, 3.05) is 0 Å². The molecule has 0 atom stereocenters. The molecule has 0 saturated heterocycles. The average molecular weight is 559 g/mol. The Balaban J connectivity index is 1.51. The molecule has 0 spiro atoms. The zero-order chi connectivity index (χ0) is 28.8. The molecule has 3 aromatic heterocycles. The van der Waals surface area contributed by atoms with E-state index in [9.17, 15) is 0 Å². The van der Waals surface area contributed by atoms with Crippen LogP contribution in [0.3, 0.4) is 0 Å². The molecule has 0 bridgehead atoms. The van der Waals surface area contributed by atoms with E-state index in [1.807, 2.05) is 0 Å². The number of hydrogen-bond acceptors (Lipinski definition) is 0. The fourth-order valence-electron chi connectivity index (χ4n) is 7.62. The lowest BCUT2D eigenvalue weighted by Crippen LogP contribution is -1.97. The number of aromatic nitrogens is 2. The number of fused-ring (bicyclic) bond motifs is 6. The highest BCUT2D eigenvalue weighted by atomic mass is 15.0. The monoisotopic (exact) mass is 558 g/mol. The van der Waals surface area contributed by atoms with Gasteiger partial charge in [-0.3, -0.25) is 0 Å². The Labute approximate surface area is 254 Å². The topological polar surface area (TPSA) is 9.34 Å². The first-order valence-corrected chi connectivity index (χ1v) is 15.2. The highest BCUT2D eigenvalue weighted by Gasteiger charge is 2.24. The van der Waals surface area contributed by atoms with E-state index in [4.69, 9.17) is 0 Å². The summed E-state index contributed by atoms with van der Waals surface area (Å²) in [5.74, 6) is 0. The van der Waals surface area contributed by atoms with Gasteiger partial charge in [-0.15, -0.1) is 0 Å². The van der Waals surface area contributed by atoms with Crippen LogP contribution in [0.1, 0.15) is 0 Å². The molecule has 0 unspecified atom stereocenters. The Kier molecular flexibility index (Phi) is 4.75. The standard InChI is InChI=1S/C42H26N2/c1-3-13-27(14-4-1)29-25-34-32-19-9-12-22-37(32)44-36-21-11-8-18-31(36)33-23-24-38-41(42(33)44)40(34)39(26-29)43(38)35-20-10-7-17-30(35)28-15-5-2-6-16-28/h1-26H. The molecule has 0 radical (unpaired) electrons. The Morgan fingerprint density at radius 2 is 0.955 bits per heavy atom. The smallest absolute Gasteiger partial charge is 0.0641 e. The fourth-order valence-corrected chi connectivity index (χ4v) is 7.62. The van der Waals surface area contributed by atoms with Crippen molar-refractivity contribution in [3.8, 4) is 27.9 Å². The zero-order valence-corrected chi connectivity index (χ0v) is 23.9. The summed E-state index contributed by atoms with van der Waals surface area (Å²) in [4.78, 5) is 0. The van der Waals surface area contributed by atoms with Crippen LogP contribution in [0.25, 0.3) is 87.8 Å². The highest BCUT2D eigenvalue weighted by Crippen LogP contribution is 2.47. The first kappa shape index (κ1) is 23.7. The van der Waals surface area contributed by atoms with Crippen LogP contribution >= 0.6 is 0 Å². The minimum absolute atomic E-state index is 1.19. The maximum absolute atomic E-state index is 2.51. The molecule has 0 aliphatic carbocycles. The average Bonchev–Trinajstić information content (AvgIpc) is 3.57. The Hall–Kier alpha value is -5.86. The lowest BCUT2D eigenvalue weighted by atomic mass is 9.98. The molecule has 0 aliphatic rings. The van der Waals surface area contributed by atoms with Crippen LogP contribution in [-0.4, -0.2) is 8.97 Å². The molecule has 10 aromatic rings. The van der Waals surface area contributed by atoms with Crippen LogP contribution in [-0.2, 0) is 0 Å². The van der Waals surface area contributed by atoms with Crippen molar-refractivity contribution >= 4 is 59.9 Å². The Morgan fingerprint density at radius 1 is 0.341 bits per heavy atom. The van der Waals surface area contributed by atoms with E-state index in [1.165, 1.54) is 87.8 Å². The van der Waals surface area contributed by atoms with E-state index in [0.717, 1.165) is 0 Å². The molecular formula is C42H26N2. The van der Waals surface area contributed by atoms with Crippen molar-refractivity contribution < 1.29 is 0 Å². The molecule has 2 nitrogen and oxygen atoms in total. The van der Waals surface area contributed by atoms with Gasteiger partial charge in [0.1, 0.15) is 0 Å². The van der Waals surface area contributed by atoms with E-state index in [0.29, 0.717) is 0 Å². The van der Waals surface area contributed by atoms with Gasteiger partial charge >= 0.3 is 0 Å². The molecule has 2 heteroatoms. The van der Waals surface area contributed by atoms with Gasteiger partial charge in [-0.05, 0) is 58.5 Å². The molecule has 44 heavy (non-hydrogen) atoms. The maximum atomic E-state index is 2.51. The Morgan fingerprint density at radius 3 is 1.70 bits per heavy atom. The summed E-state index contributed by atoms with van der Waals surface area (Å²) in [6.07, 6.45) is 0. The molecule has 0 N–H and O–H groups in total. The van der Waals surface area contributed by atoms with E-state index < -0.39 is 0 Å². The molecule has 3 heterocycles. The van der Waals surface area contributed by atoms with Crippen LogP contribution in [0.2, 0.25) is 0 Å². The highest BCUT2D eigenvalue weighted by molar-refractivity contribution is 6.33. The second-order valence-corrected chi connectivity index (χ2v) is 11.7. The SMILES string of the molecule is c1ccc(-c2cc3c4ccccc4n4c5ccccc5c5ccc6c(c3c(c2)n6-c2ccccc2-c2ccccc2)c54)cc1.